The summed E-state index contributed by atoms with van der Waals surface area (Å²) in [5.74, 6) is -0.345. The fourth-order valence-corrected chi connectivity index (χ4v) is 13.1. The van der Waals surface area contributed by atoms with E-state index in [1.807, 2.05) is 18.2 Å². The molecular weight excluding hydrogens is 502 g/mol. The monoisotopic (exact) mass is 528 g/mol. The van der Waals surface area contributed by atoms with Crippen molar-refractivity contribution in [2.24, 2.45) is 5.73 Å². The minimum atomic E-state index is -2.61. The summed E-state index contributed by atoms with van der Waals surface area (Å²) in [6.07, 6.45) is 5.16. The van der Waals surface area contributed by atoms with Crippen molar-refractivity contribution >= 4 is 54.7 Å². The number of carbonyl (C=O) groups is 1. The average molecular weight is 530 g/mol. The van der Waals surface area contributed by atoms with Crippen LogP contribution in [0.4, 0.5) is 0 Å². The Morgan fingerprint density at radius 3 is 2.71 bits per heavy atom. The number of methoxy groups -OCH3 is 1. The van der Waals surface area contributed by atoms with Gasteiger partial charge in [-0.25, -0.2) is 0 Å². The number of hydrogen-bond donors (Lipinski definition) is 1. The molecule has 2 N–H and O–H groups in total. The van der Waals surface area contributed by atoms with Gasteiger partial charge in [-0.05, 0) is 42.5 Å². The first-order valence-corrected chi connectivity index (χ1v) is 17.4. The Labute approximate surface area is 180 Å². The van der Waals surface area contributed by atoms with Crippen molar-refractivity contribution in [2.45, 2.75) is 36.7 Å². The van der Waals surface area contributed by atoms with E-state index in [4.69, 9.17) is 22.1 Å². The van der Waals surface area contributed by atoms with Crippen LogP contribution in [0.5, 0.6) is 0 Å². The first-order valence-electron chi connectivity index (χ1n) is 9.48. The number of halogens is 1. The van der Waals surface area contributed by atoms with E-state index in [-0.39, 0.29) is 5.91 Å². The van der Waals surface area contributed by atoms with E-state index in [0.717, 1.165) is 24.5 Å². The van der Waals surface area contributed by atoms with Crippen molar-refractivity contribution in [2.75, 3.05) is 20.2 Å². The van der Waals surface area contributed by atoms with E-state index in [9.17, 15) is 4.79 Å². The number of amides is 1. The standard InChI is InChI=1S/C9H9Cl.C5H4NOS.C5H10NO.CH3.CH2.Sb/c10-9-5-4-7-2-1-3-8(7)6-9;6-5(7)4-2-1-3-8-4;1-7-5-2-3-6-4-5;;;/h4-6H,1-3H2;1-2H,(H2,6,7);5H,2-4H2,1H3;1H3;1H2;/q;;-1;;;+1. The molecule has 1 aromatic heterocycles. The number of nitrogens with zero attached hydrogens (tertiary/aromatic N) is 1. The molecule has 4 nitrogen and oxygen atoms in total. The summed E-state index contributed by atoms with van der Waals surface area (Å²) < 4.78 is 13.7. The molecule has 2 aliphatic rings. The van der Waals surface area contributed by atoms with Crippen molar-refractivity contribution in [3.63, 3.8) is 0 Å². The normalized spacial score (nSPS) is 20.9. The first-order chi connectivity index (χ1) is 13.3. The van der Waals surface area contributed by atoms with Gasteiger partial charge in [-0.15, -0.1) is 0 Å². The third kappa shape index (κ3) is 5.06. The third-order valence-corrected chi connectivity index (χ3v) is 17.7. The molecule has 1 aliphatic heterocycles. The molecule has 1 saturated heterocycles. The Balaban J connectivity index is 0.000000188. The van der Waals surface area contributed by atoms with Gasteiger partial charge in [-0.2, -0.15) is 0 Å². The number of aryl methyl sites for hydroxylation is 2. The van der Waals surface area contributed by atoms with Gasteiger partial charge < -0.3 is 0 Å². The van der Waals surface area contributed by atoms with E-state index >= 15 is 0 Å². The van der Waals surface area contributed by atoms with Crippen LogP contribution in [0.1, 0.15) is 33.6 Å². The second kappa shape index (κ2) is 9.40. The van der Waals surface area contributed by atoms with Gasteiger partial charge in [0.15, 0.2) is 0 Å². The molecule has 0 saturated carbocycles. The zero-order valence-electron chi connectivity index (χ0n) is 16.5. The number of carbonyl (C=O) groups excluding carboxylic acids is 1. The van der Waals surface area contributed by atoms with Crippen LogP contribution in [-0.2, 0) is 17.6 Å². The molecule has 2 heterocycles. The topological polar surface area (TPSA) is 55.6 Å². The number of rotatable bonds is 4. The maximum absolute atomic E-state index is 11.2. The van der Waals surface area contributed by atoms with Gasteiger partial charge in [0.05, 0.1) is 0 Å². The maximum atomic E-state index is 11.2. The molecule has 1 amide bonds. The minimum absolute atomic E-state index is 0.329. The zero-order valence-corrected chi connectivity index (χ0v) is 20.6. The van der Waals surface area contributed by atoms with Crippen LogP contribution in [-0.4, -0.2) is 58.3 Å². The van der Waals surface area contributed by atoms with E-state index in [2.05, 4.69) is 24.5 Å². The molecule has 1 aromatic carbocycles. The average Bonchev–Trinajstić information content (AvgIpc) is 3.40. The van der Waals surface area contributed by atoms with Crippen LogP contribution in [0.15, 0.2) is 30.3 Å². The van der Waals surface area contributed by atoms with E-state index in [1.54, 1.807) is 7.11 Å². The Morgan fingerprint density at radius 2 is 2.07 bits per heavy atom. The van der Waals surface area contributed by atoms with Gasteiger partial charge in [0.2, 0.25) is 0 Å². The van der Waals surface area contributed by atoms with E-state index in [0.29, 0.717) is 11.0 Å². The van der Waals surface area contributed by atoms with Gasteiger partial charge in [0.1, 0.15) is 0 Å². The van der Waals surface area contributed by atoms with Crippen LogP contribution >= 0.6 is 22.9 Å². The molecule has 1 fully saturated rings. The second-order valence-corrected chi connectivity index (χ2v) is 19.4. The van der Waals surface area contributed by atoms with Crippen LogP contribution in [0.2, 0.25) is 9.89 Å². The SMILES string of the molecule is Clc1ccc2c(c1)CCC2.[CH2]=[Sb]([CH3])([c]1ccc(C(N)=O)s1)[N]1CCC(OC)C1. The van der Waals surface area contributed by atoms with Crippen LogP contribution in [0.25, 0.3) is 0 Å². The molecule has 152 valence electrons. The molecule has 0 radical (unpaired) electrons. The molecular formula is C21H28ClN2O2SSb. The van der Waals surface area contributed by atoms with Crippen LogP contribution in [0.3, 0.4) is 0 Å². The third-order valence-electron chi connectivity index (χ3n) is 5.45. The predicted octanol–water partition coefficient (Wildman–Crippen LogP) is 3.19. The van der Waals surface area contributed by atoms with Gasteiger partial charge in [0.25, 0.3) is 0 Å². The Bertz CT molecular complexity index is 898. The number of fused-ring (bicyclic) bond motifs is 1. The number of thiophene rings is 1. The second-order valence-electron chi connectivity index (χ2n) is 7.47. The molecule has 0 spiro atoms. The number of ether oxygens (including phenoxy) is 1. The number of primary amides is 1. The van der Waals surface area contributed by atoms with Crippen LogP contribution in [0, 0.1) is 0 Å². The van der Waals surface area contributed by atoms with Crippen molar-refractivity contribution in [1.82, 2.24) is 3.06 Å². The quantitative estimate of drug-likeness (QED) is 0.619. The van der Waals surface area contributed by atoms with E-state index < -0.39 is 18.6 Å². The molecule has 4 rings (SSSR count). The first kappa shape index (κ1) is 22.0. The predicted molar refractivity (Wildman–Crippen MR) is 122 cm³/mol. The molecule has 2 atom stereocenters. The summed E-state index contributed by atoms with van der Waals surface area (Å²) in [5.41, 5.74) is 8.25. The van der Waals surface area contributed by atoms with Gasteiger partial charge in [-0.3, -0.25) is 0 Å². The Kier molecular flexibility index (Phi) is 7.38. The summed E-state index contributed by atoms with van der Waals surface area (Å²) >= 11 is 4.72. The van der Waals surface area contributed by atoms with Gasteiger partial charge >= 0.3 is 116 Å². The fraction of sp³-hybridized carbons (Fsp3) is 0.429. The Morgan fingerprint density at radius 1 is 1.32 bits per heavy atom. The summed E-state index contributed by atoms with van der Waals surface area (Å²) in [6, 6.07) is 10.1. The van der Waals surface area contributed by atoms with Gasteiger partial charge in [-0.1, -0.05) is 17.7 Å². The van der Waals surface area contributed by atoms with Crippen molar-refractivity contribution in [3.8, 4) is 0 Å². The Hall–Kier alpha value is -0.712. The van der Waals surface area contributed by atoms with Gasteiger partial charge in [0, 0.05) is 5.02 Å². The molecule has 28 heavy (non-hydrogen) atoms. The van der Waals surface area contributed by atoms with Crippen molar-refractivity contribution in [3.05, 3.63) is 51.4 Å². The number of nitrogens with two attached hydrogens (primary N) is 1. The summed E-state index contributed by atoms with van der Waals surface area (Å²) in [6.45, 7) is 2.01. The number of benzene rings is 1. The van der Waals surface area contributed by atoms with Crippen LogP contribution < -0.4 is 8.56 Å². The van der Waals surface area contributed by atoms with Crippen molar-refractivity contribution in [1.29, 1.82) is 0 Å². The van der Waals surface area contributed by atoms with E-state index in [1.165, 1.54) is 44.5 Å². The summed E-state index contributed by atoms with van der Waals surface area (Å²) in [5, 5.41) is 0.876. The summed E-state index contributed by atoms with van der Waals surface area (Å²) in [4.78, 5) is 14.1. The number of hydrogen-bond acceptors (Lipinski definition) is 4. The molecule has 2 unspecified atom stereocenters. The molecule has 0 bridgehead atoms. The van der Waals surface area contributed by atoms with Crippen molar-refractivity contribution < 1.29 is 9.53 Å². The molecule has 7 heteroatoms. The molecule has 1 aliphatic carbocycles. The fourth-order valence-electron chi connectivity index (χ4n) is 3.70. The summed E-state index contributed by atoms with van der Waals surface area (Å²) in [7, 11) is 1.76. The zero-order chi connectivity index (χ0) is 20.3. The molecule has 2 aromatic rings.